The number of hydrogen-bond donors (Lipinski definition) is 1. The number of amides is 1. The van der Waals surface area contributed by atoms with E-state index in [1.807, 2.05) is 13.8 Å². The van der Waals surface area contributed by atoms with E-state index in [1.165, 1.54) is 0 Å². The molecule has 1 aliphatic rings. The predicted octanol–water partition coefficient (Wildman–Crippen LogP) is 4.21. The van der Waals surface area contributed by atoms with Gasteiger partial charge in [0.1, 0.15) is 16.0 Å². The molecule has 0 bridgehead atoms. The smallest absolute Gasteiger partial charge is 0.229 e. The molecule has 3 atom stereocenters. The van der Waals surface area contributed by atoms with E-state index in [1.54, 1.807) is 6.92 Å². The van der Waals surface area contributed by atoms with Crippen LogP contribution >= 0.6 is 23.2 Å². The maximum Gasteiger partial charge on any atom is 0.229 e. The molecule has 24 heavy (non-hydrogen) atoms. The number of ether oxygens (including phenoxy) is 1. The molecule has 0 radical (unpaired) electrons. The summed E-state index contributed by atoms with van der Waals surface area (Å²) in [5.41, 5.74) is -0.658. The van der Waals surface area contributed by atoms with Gasteiger partial charge < -0.3 is 10.1 Å². The number of benzene rings is 1. The quantitative estimate of drug-likeness (QED) is 0.720. The normalized spacial score (nSPS) is 26.0. The molecule has 1 aromatic rings. The minimum atomic E-state index is -1.06. The van der Waals surface area contributed by atoms with E-state index in [9.17, 15) is 13.6 Å². The number of nitrogens with one attached hydrogen (secondary N) is 1. The van der Waals surface area contributed by atoms with E-state index >= 15 is 0 Å². The number of halogens is 4. The Hall–Kier alpha value is -0.910. The van der Waals surface area contributed by atoms with Gasteiger partial charge in [-0.05, 0) is 31.5 Å². The molecule has 1 N–H and O–H groups in total. The van der Waals surface area contributed by atoms with Gasteiger partial charge in [0, 0.05) is 17.5 Å². The molecule has 1 aromatic carbocycles. The lowest BCUT2D eigenvalue weighted by molar-refractivity contribution is -0.128. The van der Waals surface area contributed by atoms with Gasteiger partial charge in [-0.15, -0.1) is 23.2 Å². The van der Waals surface area contributed by atoms with Crippen molar-refractivity contribution in [3.8, 4) is 0 Å². The molecule has 0 heterocycles. The highest BCUT2D eigenvalue weighted by molar-refractivity contribution is 6.53. The van der Waals surface area contributed by atoms with Crippen LogP contribution in [0.4, 0.5) is 8.78 Å². The largest absolute Gasteiger partial charge is 0.375 e. The molecule has 1 saturated carbocycles. The molecule has 1 aliphatic carbocycles. The Labute approximate surface area is 150 Å². The molecular formula is C17H21Cl2F2NO2. The van der Waals surface area contributed by atoms with E-state index in [4.69, 9.17) is 27.9 Å². The summed E-state index contributed by atoms with van der Waals surface area (Å²) in [6.45, 7) is 5.56. The molecule has 1 fully saturated rings. The zero-order chi connectivity index (χ0) is 18.1. The van der Waals surface area contributed by atoms with Crippen molar-refractivity contribution < 1.29 is 18.3 Å². The number of carbonyl (C=O) groups excluding carboxylic acids is 1. The van der Waals surface area contributed by atoms with Crippen LogP contribution in [0.5, 0.6) is 0 Å². The van der Waals surface area contributed by atoms with Gasteiger partial charge in [0.15, 0.2) is 0 Å². The summed E-state index contributed by atoms with van der Waals surface area (Å²) in [4.78, 5) is 12.5. The summed E-state index contributed by atoms with van der Waals surface area (Å²) >= 11 is 12.4. The maximum absolute atomic E-state index is 13.5. The molecule has 2 rings (SSSR count). The van der Waals surface area contributed by atoms with Crippen LogP contribution in [0.15, 0.2) is 18.2 Å². The molecule has 7 heteroatoms. The molecule has 0 saturated heterocycles. The van der Waals surface area contributed by atoms with Gasteiger partial charge >= 0.3 is 0 Å². The third-order valence-electron chi connectivity index (χ3n) is 4.77. The van der Waals surface area contributed by atoms with Crippen molar-refractivity contribution >= 4 is 29.1 Å². The molecule has 0 spiro atoms. The van der Waals surface area contributed by atoms with Gasteiger partial charge in [-0.25, -0.2) is 8.78 Å². The minimum absolute atomic E-state index is 0.0753. The fourth-order valence-corrected chi connectivity index (χ4v) is 4.11. The minimum Gasteiger partial charge on any atom is -0.375 e. The van der Waals surface area contributed by atoms with E-state index < -0.39 is 21.4 Å². The van der Waals surface area contributed by atoms with E-state index in [-0.39, 0.29) is 36.6 Å². The van der Waals surface area contributed by atoms with Crippen molar-refractivity contribution in [3.05, 3.63) is 35.4 Å². The van der Waals surface area contributed by atoms with Crippen LogP contribution in [0.3, 0.4) is 0 Å². The number of rotatable bonds is 7. The van der Waals surface area contributed by atoms with Crippen LogP contribution in [0.2, 0.25) is 0 Å². The van der Waals surface area contributed by atoms with Crippen molar-refractivity contribution in [2.45, 2.75) is 44.2 Å². The number of carbonyl (C=O) groups is 1. The Kier molecular flexibility index (Phi) is 5.78. The van der Waals surface area contributed by atoms with Gasteiger partial charge in [-0.2, -0.15) is 0 Å². The second-order valence-electron chi connectivity index (χ2n) is 6.29. The highest BCUT2D eigenvalue weighted by Gasteiger charge is 2.76. The zero-order valence-corrected chi connectivity index (χ0v) is 15.3. The Bertz CT molecular complexity index is 627. The summed E-state index contributed by atoms with van der Waals surface area (Å²) < 4.78 is 30.9. The monoisotopic (exact) mass is 379 g/mol. The Morgan fingerprint density at radius 3 is 2.58 bits per heavy atom. The molecule has 3 nitrogen and oxygen atoms in total. The highest BCUT2D eigenvalue weighted by atomic mass is 35.5. The standard InChI is InChI=1S/C17H21Cl2F2NO2/c1-4-16(11(3)17(16,18)19)15(23)22-10(2)8-24-9-12-7-13(20)5-6-14(12)21/h5-7,10-11H,4,8-9H2,1-3H3,(H,22,23)/t10-,11+,16+/m1/s1. The SMILES string of the molecule is CC[C@@]1(C(=O)N[C@H](C)COCc2cc(F)ccc2F)[C@H](C)C1(Cl)Cl. The van der Waals surface area contributed by atoms with Crippen molar-refractivity contribution in [2.75, 3.05) is 6.61 Å². The Morgan fingerprint density at radius 1 is 1.42 bits per heavy atom. The third-order valence-corrected chi connectivity index (χ3v) is 6.10. The first-order valence-electron chi connectivity index (χ1n) is 7.87. The lowest BCUT2D eigenvalue weighted by Crippen LogP contribution is -2.42. The molecular weight excluding hydrogens is 359 g/mol. The van der Waals surface area contributed by atoms with Crippen LogP contribution in [-0.2, 0) is 16.1 Å². The second-order valence-corrected chi connectivity index (χ2v) is 7.68. The summed E-state index contributed by atoms with van der Waals surface area (Å²) in [6, 6.07) is 2.88. The number of hydrogen-bond acceptors (Lipinski definition) is 2. The topological polar surface area (TPSA) is 38.3 Å². The first kappa shape index (κ1) is 19.4. The zero-order valence-electron chi connectivity index (χ0n) is 13.8. The van der Waals surface area contributed by atoms with Crippen LogP contribution in [-0.4, -0.2) is 22.9 Å². The Morgan fingerprint density at radius 2 is 2.04 bits per heavy atom. The van der Waals surface area contributed by atoms with Crippen molar-refractivity contribution in [2.24, 2.45) is 11.3 Å². The summed E-state index contributed by atoms with van der Waals surface area (Å²) in [7, 11) is 0. The van der Waals surface area contributed by atoms with Gasteiger partial charge in [-0.1, -0.05) is 13.8 Å². The average Bonchev–Trinajstić information content (AvgIpc) is 2.96. The third kappa shape index (κ3) is 3.39. The van der Waals surface area contributed by atoms with Crippen LogP contribution in [0.1, 0.15) is 32.8 Å². The van der Waals surface area contributed by atoms with E-state index in [0.29, 0.717) is 6.42 Å². The first-order valence-corrected chi connectivity index (χ1v) is 8.62. The highest BCUT2D eigenvalue weighted by Crippen LogP contribution is 2.70. The summed E-state index contributed by atoms with van der Waals surface area (Å²) in [5.74, 6) is -1.40. The van der Waals surface area contributed by atoms with E-state index in [0.717, 1.165) is 18.2 Å². The molecule has 0 unspecified atom stereocenters. The lowest BCUT2D eigenvalue weighted by atomic mass is 9.99. The molecule has 1 amide bonds. The fraction of sp³-hybridized carbons (Fsp3) is 0.588. The van der Waals surface area contributed by atoms with Crippen molar-refractivity contribution in [1.29, 1.82) is 0 Å². The molecule has 0 aliphatic heterocycles. The van der Waals surface area contributed by atoms with Crippen molar-refractivity contribution in [1.82, 2.24) is 5.32 Å². The summed E-state index contributed by atoms with van der Waals surface area (Å²) in [6.07, 6.45) is 0.537. The first-order chi connectivity index (χ1) is 11.2. The van der Waals surface area contributed by atoms with E-state index in [2.05, 4.69) is 5.32 Å². The number of alkyl halides is 2. The lowest BCUT2D eigenvalue weighted by Gasteiger charge is -2.20. The van der Waals surface area contributed by atoms with Gasteiger partial charge in [0.05, 0.1) is 18.6 Å². The predicted molar refractivity (Wildman–Crippen MR) is 89.9 cm³/mol. The Balaban J connectivity index is 1.85. The van der Waals surface area contributed by atoms with Crippen LogP contribution < -0.4 is 5.32 Å². The maximum atomic E-state index is 13.5. The summed E-state index contributed by atoms with van der Waals surface area (Å²) in [5, 5.41) is 2.83. The van der Waals surface area contributed by atoms with Crippen molar-refractivity contribution in [3.63, 3.8) is 0 Å². The van der Waals surface area contributed by atoms with Crippen LogP contribution in [0, 0.1) is 23.0 Å². The second kappa shape index (κ2) is 7.14. The van der Waals surface area contributed by atoms with Gasteiger partial charge in [-0.3, -0.25) is 4.79 Å². The average molecular weight is 380 g/mol. The molecule has 134 valence electrons. The molecule has 0 aromatic heterocycles. The van der Waals surface area contributed by atoms with Gasteiger partial charge in [0.25, 0.3) is 0 Å². The van der Waals surface area contributed by atoms with Crippen LogP contribution in [0.25, 0.3) is 0 Å². The van der Waals surface area contributed by atoms with Gasteiger partial charge in [0.2, 0.25) is 5.91 Å². The fourth-order valence-electron chi connectivity index (χ4n) is 3.08.